The number of ether oxygens (including phenoxy) is 1. The van der Waals surface area contributed by atoms with Crippen LogP contribution in [0.3, 0.4) is 0 Å². The third kappa shape index (κ3) is 4.75. The smallest absolute Gasteiger partial charge is 0.338 e. The second-order valence-corrected chi connectivity index (χ2v) is 8.16. The summed E-state index contributed by atoms with van der Waals surface area (Å²) in [6, 6.07) is 4.16. The Hall–Kier alpha value is -1.80. The first-order valence-corrected chi connectivity index (χ1v) is 11.0. The van der Waals surface area contributed by atoms with E-state index in [-0.39, 0.29) is 12.6 Å². The van der Waals surface area contributed by atoms with Gasteiger partial charge >= 0.3 is 12.0 Å². The van der Waals surface area contributed by atoms with Gasteiger partial charge in [-0.2, -0.15) is 0 Å². The van der Waals surface area contributed by atoms with Gasteiger partial charge in [0, 0.05) is 45.5 Å². The van der Waals surface area contributed by atoms with E-state index in [0.29, 0.717) is 33.4 Å². The number of likely N-dealkylation sites (N-methyl/N-ethyl adjacent to an activating group) is 2. The van der Waals surface area contributed by atoms with E-state index >= 15 is 0 Å². The Kier molecular flexibility index (Phi) is 7.63. The molecule has 1 atom stereocenters. The van der Waals surface area contributed by atoms with Gasteiger partial charge in [0.25, 0.3) is 0 Å². The van der Waals surface area contributed by atoms with E-state index in [2.05, 4.69) is 22.0 Å². The van der Waals surface area contributed by atoms with Crippen LogP contribution in [0.5, 0.6) is 0 Å². The molecule has 0 aromatic heterocycles. The fourth-order valence-electron chi connectivity index (χ4n) is 3.85. The summed E-state index contributed by atoms with van der Waals surface area (Å²) >= 11 is 12.6. The number of halogens is 2. The average Bonchev–Trinajstić information content (AvgIpc) is 2.74. The number of hydrogen-bond acceptors (Lipinski definition) is 5. The van der Waals surface area contributed by atoms with Crippen molar-refractivity contribution in [1.29, 1.82) is 0 Å². The van der Waals surface area contributed by atoms with Gasteiger partial charge in [0.1, 0.15) is 0 Å². The van der Waals surface area contributed by atoms with Crippen LogP contribution in [0, 0.1) is 0 Å². The lowest BCUT2D eigenvalue weighted by Crippen LogP contribution is -2.52. The predicted molar refractivity (Wildman–Crippen MR) is 118 cm³/mol. The van der Waals surface area contributed by atoms with Crippen molar-refractivity contribution in [1.82, 2.24) is 20.0 Å². The van der Waals surface area contributed by atoms with Gasteiger partial charge in [-0.15, -0.1) is 0 Å². The number of hydrogen-bond donors (Lipinski definition) is 1. The fourth-order valence-corrected chi connectivity index (χ4v) is 4.27. The minimum atomic E-state index is -0.731. The number of nitrogens with one attached hydrogen (secondary N) is 1. The van der Waals surface area contributed by atoms with E-state index in [1.807, 2.05) is 0 Å². The second kappa shape index (κ2) is 10.0. The van der Waals surface area contributed by atoms with Gasteiger partial charge in [0.15, 0.2) is 0 Å². The molecule has 0 aliphatic carbocycles. The third-order valence-electron chi connectivity index (χ3n) is 5.65. The summed E-state index contributed by atoms with van der Waals surface area (Å²) < 4.78 is 5.36. The van der Waals surface area contributed by atoms with E-state index in [0.717, 1.165) is 32.7 Å². The van der Waals surface area contributed by atoms with Crippen molar-refractivity contribution < 1.29 is 14.3 Å². The van der Waals surface area contributed by atoms with Gasteiger partial charge in [0.05, 0.1) is 28.3 Å². The quantitative estimate of drug-likeness (QED) is 0.668. The summed E-state index contributed by atoms with van der Waals surface area (Å²) in [5.74, 6) is -0.465. The molecule has 0 unspecified atom stereocenters. The van der Waals surface area contributed by atoms with Crippen molar-refractivity contribution in [2.75, 3.05) is 52.9 Å². The van der Waals surface area contributed by atoms with Crippen molar-refractivity contribution in [3.8, 4) is 0 Å². The molecule has 164 valence electrons. The summed E-state index contributed by atoms with van der Waals surface area (Å²) in [4.78, 5) is 31.9. The number of esters is 1. The Morgan fingerprint density at radius 1 is 1.17 bits per heavy atom. The molecule has 7 nitrogen and oxygen atoms in total. The van der Waals surface area contributed by atoms with Gasteiger partial charge in [-0.3, -0.25) is 9.80 Å². The molecule has 0 saturated carbocycles. The molecule has 0 radical (unpaired) electrons. The maximum Gasteiger partial charge on any atom is 0.338 e. The second-order valence-electron chi connectivity index (χ2n) is 7.38. The van der Waals surface area contributed by atoms with Crippen LogP contribution in [-0.4, -0.2) is 79.6 Å². The van der Waals surface area contributed by atoms with E-state index in [4.69, 9.17) is 27.9 Å². The lowest BCUT2D eigenvalue weighted by molar-refractivity contribution is -0.139. The Labute approximate surface area is 187 Å². The molecule has 30 heavy (non-hydrogen) atoms. The van der Waals surface area contributed by atoms with Crippen LogP contribution in [0.1, 0.15) is 25.5 Å². The van der Waals surface area contributed by atoms with Crippen LogP contribution in [-0.2, 0) is 9.53 Å². The average molecular weight is 455 g/mol. The zero-order valence-electron chi connectivity index (χ0n) is 17.6. The minimum Gasteiger partial charge on any atom is -0.463 e. The number of benzene rings is 1. The topological polar surface area (TPSA) is 65.1 Å². The van der Waals surface area contributed by atoms with Crippen LogP contribution in [0.25, 0.3) is 0 Å². The summed E-state index contributed by atoms with van der Waals surface area (Å²) in [6.45, 7) is 9.28. The van der Waals surface area contributed by atoms with E-state index < -0.39 is 12.0 Å². The lowest BCUT2D eigenvalue weighted by atomic mass is 9.94. The van der Waals surface area contributed by atoms with Gasteiger partial charge in [-0.1, -0.05) is 42.3 Å². The first kappa shape index (κ1) is 22.9. The van der Waals surface area contributed by atoms with E-state index in [1.54, 1.807) is 32.2 Å². The van der Waals surface area contributed by atoms with Gasteiger partial charge in [0.2, 0.25) is 0 Å². The maximum atomic E-state index is 13.0. The summed E-state index contributed by atoms with van der Waals surface area (Å²) in [6.07, 6.45) is 0. The standard InChI is InChI=1S/C21H28Cl2N4O3/c1-4-26-9-11-27(12-10-26)13-16-17(20(28)30-5-2)19(24-21(29)25(16)3)14-7-6-8-15(22)18(14)23/h6-8,19H,4-5,9-13H2,1-3H3,(H,24,29)/t19-/m1/s1. The van der Waals surface area contributed by atoms with Crippen LogP contribution in [0.4, 0.5) is 4.79 Å². The van der Waals surface area contributed by atoms with E-state index in [9.17, 15) is 9.59 Å². The van der Waals surface area contributed by atoms with Crippen LogP contribution < -0.4 is 5.32 Å². The Bertz CT molecular complexity index is 838. The van der Waals surface area contributed by atoms with Crippen molar-refractivity contribution in [2.24, 2.45) is 0 Å². The summed E-state index contributed by atoms with van der Waals surface area (Å²) in [5, 5.41) is 3.56. The number of nitrogens with zero attached hydrogens (tertiary/aromatic N) is 3. The number of rotatable bonds is 6. The SMILES string of the molecule is CCOC(=O)C1=C(CN2CCN(CC)CC2)N(C)C(=O)N[C@@H]1c1cccc(Cl)c1Cl. The molecule has 2 amide bonds. The van der Waals surface area contributed by atoms with Gasteiger partial charge < -0.3 is 15.0 Å². The van der Waals surface area contributed by atoms with Crippen molar-refractivity contribution >= 4 is 35.2 Å². The number of urea groups is 1. The van der Waals surface area contributed by atoms with Crippen LogP contribution in [0.15, 0.2) is 29.5 Å². The highest BCUT2D eigenvalue weighted by atomic mass is 35.5. The molecule has 0 bridgehead atoms. The van der Waals surface area contributed by atoms with Crippen molar-refractivity contribution in [3.63, 3.8) is 0 Å². The Morgan fingerprint density at radius 2 is 1.83 bits per heavy atom. The zero-order valence-corrected chi connectivity index (χ0v) is 19.1. The largest absolute Gasteiger partial charge is 0.463 e. The molecule has 1 fully saturated rings. The lowest BCUT2D eigenvalue weighted by Gasteiger charge is -2.39. The maximum absolute atomic E-state index is 13.0. The van der Waals surface area contributed by atoms with Crippen LogP contribution >= 0.6 is 23.2 Å². The third-order valence-corrected chi connectivity index (χ3v) is 6.48. The Morgan fingerprint density at radius 3 is 2.47 bits per heavy atom. The molecule has 3 rings (SSSR count). The predicted octanol–water partition coefficient (Wildman–Crippen LogP) is 3.14. The fraction of sp³-hybridized carbons (Fsp3) is 0.524. The first-order chi connectivity index (χ1) is 14.4. The summed E-state index contributed by atoms with van der Waals surface area (Å²) in [7, 11) is 1.67. The number of amides is 2. The Balaban J connectivity index is 2.02. The highest BCUT2D eigenvalue weighted by Crippen LogP contribution is 2.37. The molecular formula is C21H28Cl2N4O3. The zero-order chi connectivity index (χ0) is 21.8. The van der Waals surface area contributed by atoms with Crippen LogP contribution in [0.2, 0.25) is 10.0 Å². The van der Waals surface area contributed by atoms with E-state index in [1.165, 1.54) is 4.90 Å². The number of carbonyl (C=O) groups excluding carboxylic acids is 2. The molecule has 1 saturated heterocycles. The molecule has 2 aliphatic heterocycles. The summed E-state index contributed by atoms with van der Waals surface area (Å²) in [5.41, 5.74) is 1.59. The minimum absolute atomic E-state index is 0.235. The monoisotopic (exact) mass is 454 g/mol. The van der Waals surface area contributed by atoms with Crippen molar-refractivity contribution in [2.45, 2.75) is 19.9 Å². The normalized spacial score (nSPS) is 21.0. The van der Waals surface area contributed by atoms with Gasteiger partial charge in [-0.25, -0.2) is 9.59 Å². The molecular weight excluding hydrogens is 427 g/mol. The number of piperazine rings is 1. The molecule has 2 aliphatic rings. The molecule has 1 N–H and O–H groups in total. The molecule has 2 heterocycles. The molecule has 1 aromatic carbocycles. The first-order valence-electron chi connectivity index (χ1n) is 10.2. The number of carbonyl (C=O) groups is 2. The van der Waals surface area contributed by atoms with Crippen molar-refractivity contribution in [3.05, 3.63) is 45.1 Å². The highest BCUT2D eigenvalue weighted by molar-refractivity contribution is 6.42. The molecule has 0 spiro atoms. The molecule has 1 aromatic rings. The van der Waals surface area contributed by atoms with Gasteiger partial charge in [-0.05, 0) is 25.1 Å². The molecule has 9 heteroatoms. The highest BCUT2D eigenvalue weighted by Gasteiger charge is 2.38.